The van der Waals surface area contributed by atoms with Gasteiger partial charge in [-0.2, -0.15) is 0 Å². The van der Waals surface area contributed by atoms with Crippen molar-refractivity contribution in [1.29, 1.82) is 0 Å². The van der Waals surface area contributed by atoms with Gasteiger partial charge in [-0.1, -0.05) is 44.6 Å². The van der Waals surface area contributed by atoms with Crippen LogP contribution in [0.15, 0.2) is 18.2 Å². The van der Waals surface area contributed by atoms with Crippen LogP contribution in [-0.4, -0.2) is 27.9 Å². The molecule has 1 aliphatic rings. The van der Waals surface area contributed by atoms with Crippen LogP contribution >= 0.6 is 12.2 Å². The lowest BCUT2D eigenvalue weighted by Gasteiger charge is -2.45. The minimum absolute atomic E-state index is 0.00463. The lowest BCUT2D eigenvalue weighted by molar-refractivity contribution is -0.00680. The Balaban J connectivity index is 2.05. The van der Waals surface area contributed by atoms with E-state index in [0.29, 0.717) is 17.1 Å². The predicted molar refractivity (Wildman–Crippen MR) is 94.3 cm³/mol. The number of phenolic OH excluding ortho intramolecular Hbond substituents is 1. The number of benzene rings is 1. The van der Waals surface area contributed by atoms with Crippen LogP contribution in [0.3, 0.4) is 0 Å². The second-order valence-electron chi connectivity index (χ2n) is 7.92. The molecule has 1 aliphatic carbocycles. The van der Waals surface area contributed by atoms with E-state index in [1.165, 1.54) is 0 Å². The zero-order valence-electron chi connectivity index (χ0n) is 13.9. The molecule has 0 aromatic heterocycles. The van der Waals surface area contributed by atoms with E-state index >= 15 is 0 Å². The van der Waals surface area contributed by atoms with Crippen molar-refractivity contribution in [3.05, 3.63) is 29.3 Å². The highest BCUT2D eigenvalue weighted by atomic mass is 32.1. The summed E-state index contributed by atoms with van der Waals surface area (Å²) < 4.78 is 0. The Labute approximate surface area is 138 Å². The fourth-order valence-electron chi connectivity index (χ4n) is 3.93. The molecule has 2 rings (SSSR count). The van der Waals surface area contributed by atoms with Crippen molar-refractivity contribution in [3.8, 4) is 5.75 Å². The Bertz CT molecular complexity index is 570. The third-order valence-electron chi connectivity index (χ3n) is 4.49. The summed E-state index contributed by atoms with van der Waals surface area (Å²) in [6.45, 7) is 9.30. The molecule has 0 amide bonds. The quantitative estimate of drug-likeness (QED) is 0.745. The van der Waals surface area contributed by atoms with Gasteiger partial charge in [0, 0.05) is 6.54 Å². The smallest absolute Gasteiger partial charge is 0.125 e. The molecule has 0 radical (unpaired) electrons. The Morgan fingerprint density at radius 3 is 2.64 bits per heavy atom. The average Bonchev–Trinajstić information content (AvgIpc) is 2.36. The Kier molecular flexibility index (Phi) is 4.83. The summed E-state index contributed by atoms with van der Waals surface area (Å²) >= 11 is 5.44. The normalized spacial score (nSPS) is 27.4. The first kappa shape index (κ1) is 17.2. The molecule has 0 bridgehead atoms. The molecule has 0 spiro atoms. The monoisotopic (exact) mass is 321 g/mol. The molecule has 122 valence electrons. The van der Waals surface area contributed by atoms with E-state index in [2.05, 4.69) is 26.1 Å². The predicted octanol–water partition coefficient (Wildman–Crippen LogP) is 3.54. The van der Waals surface area contributed by atoms with E-state index in [4.69, 9.17) is 12.2 Å². The summed E-state index contributed by atoms with van der Waals surface area (Å²) in [6, 6.07) is 5.43. The SMILES string of the molecule is Cc1ccc(O)c(C(=S)NC[C@@]2(C)C[C@H](O)CC(C)(C)C2)c1. The maximum absolute atomic E-state index is 10.1. The van der Waals surface area contributed by atoms with Gasteiger partial charge in [-0.3, -0.25) is 0 Å². The van der Waals surface area contributed by atoms with Crippen molar-refractivity contribution < 1.29 is 10.2 Å². The van der Waals surface area contributed by atoms with Crippen molar-refractivity contribution in [3.63, 3.8) is 0 Å². The Morgan fingerprint density at radius 2 is 2.00 bits per heavy atom. The van der Waals surface area contributed by atoms with Gasteiger partial charge in [0.15, 0.2) is 0 Å². The van der Waals surface area contributed by atoms with Crippen LogP contribution in [0.1, 0.15) is 51.2 Å². The standard InChI is InChI=1S/C18H27NO2S/c1-12-5-6-15(21)14(7-12)16(22)19-11-18(4)9-13(20)8-17(2,3)10-18/h5-7,13,20-21H,8-11H2,1-4H3,(H,19,22)/t13-,18+/m1/s1. The third-order valence-corrected chi connectivity index (χ3v) is 4.86. The van der Waals surface area contributed by atoms with Crippen LogP contribution < -0.4 is 5.32 Å². The van der Waals surface area contributed by atoms with Crippen molar-refractivity contribution in [1.82, 2.24) is 5.32 Å². The fourth-order valence-corrected chi connectivity index (χ4v) is 4.17. The maximum Gasteiger partial charge on any atom is 0.125 e. The summed E-state index contributed by atoms with van der Waals surface area (Å²) in [5.74, 6) is 0.206. The van der Waals surface area contributed by atoms with Gasteiger partial charge in [0.05, 0.1) is 11.7 Å². The molecule has 3 nitrogen and oxygen atoms in total. The van der Waals surface area contributed by atoms with E-state index < -0.39 is 0 Å². The summed E-state index contributed by atoms with van der Waals surface area (Å²) in [5, 5.41) is 23.4. The number of phenols is 1. The number of aliphatic hydroxyl groups is 1. The first-order valence-electron chi connectivity index (χ1n) is 7.86. The van der Waals surface area contributed by atoms with E-state index in [1.807, 2.05) is 19.1 Å². The number of aryl methyl sites for hydroxylation is 1. The molecular formula is C18H27NO2S. The summed E-state index contributed by atoms with van der Waals surface area (Å²) in [4.78, 5) is 0.570. The molecule has 0 heterocycles. The van der Waals surface area contributed by atoms with E-state index in [9.17, 15) is 10.2 Å². The lowest BCUT2D eigenvalue weighted by atomic mass is 9.63. The molecule has 3 N–H and O–H groups in total. The lowest BCUT2D eigenvalue weighted by Crippen LogP contribution is -2.45. The summed E-state index contributed by atoms with van der Waals surface area (Å²) in [5.41, 5.74) is 1.89. The van der Waals surface area contributed by atoms with Gasteiger partial charge in [-0.25, -0.2) is 0 Å². The third kappa shape index (κ3) is 4.20. The second-order valence-corrected chi connectivity index (χ2v) is 8.33. The number of thiocarbonyl (C=S) groups is 1. The topological polar surface area (TPSA) is 52.5 Å². The maximum atomic E-state index is 10.1. The van der Waals surface area contributed by atoms with Gasteiger partial charge >= 0.3 is 0 Å². The van der Waals surface area contributed by atoms with Crippen LogP contribution in [-0.2, 0) is 0 Å². The number of nitrogens with one attached hydrogen (secondary N) is 1. The molecule has 2 atom stereocenters. The fraction of sp³-hybridized carbons (Fsp3) is 0.611. The molecular weight excluding hydrogens is 294 g/mol. The van der Waals surface area contributed by atoms with Gasteiger partial charge in [0.25, 0.3) is 0 Å². The first-order valence-corrected chi connectivity index (χ1v) is 8.27. The molecule has 0 saturated heterocycles. The van der Waals surface area contributed by atoms with Crippen LogP contribution in [0.4, 0.5) is 0 Å². The number of hydrogen-bond donors (Lipinski definition) is 3. The molecule has 0 aliphatic heterocycles. The van der Waals surface area contributed by atoms with E-state index in [-0.39, 0.29) is 22.7 Å². The summed E-state index contributed by atoms with van der Waals surface area (Å²) in [7, 11) is 0. The van der Waals surface area contributed by atoms with Gasteiger partial charge in [0.2, 0.25) is 0 Å². The number of rotatable bonds is 3. The van der Waals surface area contributed by atoms with Crippen molar-refractivity contribution in [2.45, 2.75) is 53.1 Å². The Morgan fingerprint density at radius 1 is 1.32 bits per heavy atom. The van der Waals surface area contributed by atoms with Gasteiger partial charge < -0.3 is 15.5 Å². The molecule has 4 heteroatoms. The van der Waals surface area contributed by atoms with Crippen LogP contribution in [0.2, 0.25) is 0 Å². The van der Waals surface area contributed by atoms with Crippen LogP contribution in [0, 0.1) is 17.8 Å². The zero-order chi connectivity index (χ0) is 16.5. The summed E-state index contributed by atoms with van der Waals surface area (Å²) in [6.07, 6.45) is 2.43. The molecule has 22 heavy (non-hydrogen) atoms. The molecule has 0 unspecified atom stereocenters. The van der Waals surface area contributed by atoms with Crippen molar-refractivity contribution in [2.75, 3.05) is 6.54 Å². The Hall–Kier alpha value is -1.13. The van der Waals surface area contributed by atoms with Crippen molar-refractivity contribution in [2.24, 2.45) is 10.8 Å². The average molecular weight is 321 g/mol. The van der Waals surface area contributed by atoms with Crippen molar-refractivity contribution >= 4 is 17.2 Å². The minimum atomic E-state index is -0.253. The van der Waals surface area contributed by atoms with Crippen LogP contribution in [0.25, 0.3) is 0 Å². The molecule has 1 aromatic rings. The highest BCUT2D eigenvalue weighted by molar-refractivity contribution is 7.80. The number of aliphatic hydroxyl groups excluding tert-OH is 1. The largest absolute Gasteiger partial charge is 0.507 e. The zero-order valence-corrected chi connectivity index (χ0v) is 14.8. The minimum Gasteiger partial charge on any atom is -0.507 e. The molecule has 1 saturated carbocycles. The molecule has 1 aromatic carbocycles. The highest BCUT2D eigenvalue weighted by Crippen LogP contribution is 2.45. The first-order chi connectivity index (χ1) is 10.1. The number of aromatic hydroxyl groups is 1. The highest BCUT2D eigenvalue weighted by Gasteiger charge is 2.40. The van der Waals surface area contributed by atoms with Gasteiger partial charge in [-0.15, -0.1) is 0 Å². The number of hydrogen-bond acceptors (Lipinski definition) is 3. The molecule has 1 fully saturated rings. The van der Waals surface area contributed by atoms with Crippen LogP contribution in [0.5, 0.6) is 5.75 Å². The van der Waals surface area contributed by atoms with E-state index in [1.54, 1.807) is 6.07 Å². The van der Waals surface area contributed by atoms with E-state index in [0.717, 1.165) is 24.8 Å². The van der Waals surface area contributed by atoms with Gasteiger partial charge in [0.1, 0.15) is 10.7 Å². The second kappa shape index (κ2) is 6.17. The van der Waals surface area contributed by atoms with Gasteiger partial charge in [-0.05, 0) is 49.1 Å².